The van der Waals surface area contributed by atoms with Crippen LogP contribution in [0, 0.1) is 0 Å². The summed E-state index contributed by atoms with van der Waals surface area (Å²) in [5.41, 5.74) is 0.776. The first-order chi connectivity index (χ1) is 13.9. The van der Waals surface area contributed by atoms with Crippen LogP contribution >= 0.6 is 0 Å². The van der Waals surface area contributed by atoms with Crippen LogP contribution in [0.4, 0.5) is 0 Å². The fourth-order valence-corrected chi connectivity index (χ4v) is 3.58. The van der Waals surface area contributed by atoms with Gasteiger partial charge in [0.15, 0.2) is 11.0 Å². The molecule has 2 unspecified atom stereocenters. The molecule has 0 aliphatic heterocycles. The Morgan fingerprint density at radius 1 is 1.28 bits per heavy atom. The fraction of sp³-hybridized carbons (Fsp3) is 0.409. The van der Waals surface area contributed by atoms with Crippen molar-refractivity contribution in [3.8, 4) is 11.5 Å². The summed E-state index contributed by atoms with van der Waals surface area (Å²) in [5, 5.41) is 0. The SMILES string of the molecule is C=C/C(=C\C(=C/C)NS(=O)c1cc(OC)ccc1OC)C(=O)OC(CC)CCC. The number of carbonyl (C=O) groups excluding carboxylic acids is 1. The standard InChI is InChI=1S/C22H31NO5S/c1-7-11-18(10-4)28-22(24)16(8-2)14-17(9-3)23-29(25)21-15-19(26-5)12-13-20(21)27-6/h8-9,12-15,18,23H,2,7,10-11H2,1,3-6H3/b16-14+,17-9+. The summed E-state index contributed by atoms with van der Waals surface area (Å²) in [4.78, 5) is 12.9. The van der Waals surface area contributed by atoms with E-state index in [0.29, 0.717) is 22.1 Å². The van der Waals surface area contributed by atoms with Gasteiger partial charge in [0.1, 0.15) is 22.5 Å². The van der Waals surface area contributed by atoms with Crippen molar-refractivity contribution in [2.24, 2.45) is 0 Å². The number of methoxy groups -OCH3 is 2. The molecule has 1 N–H and O–H groups in total. The zero-order valence-corrected chi connectivity index (χ0v) is 18.6. The van der Waals surface area contributed by atoms with E-state index in [2.05, 4.69) is 11.3 Å². The van der Waals surface area contributed by atoms with Crippen molar-refractivity contribution in [3.63, 3.8) is 0 Å². The normalized spacial score (nSPS) is 14.0. The van der Waals surface area contributed by atoms with Crippen molar-refractivity contribution in [1.82, 2.24) is 4.72 Å². The molecule has 0 aliphatic carbocycles. The molecule has 0 saturated carbocycles. The second kappa shape index (κ2) is 12.8. The van der Waals surface area contributed by atoms with Crippen molar-refractivity contribution in [3.05, 3.63) is 54.3 Å². The number of allylic oxidation sites excluding steroid dienone is 2. The first kappa shape index (κ1) is 24.5. The van der Waals surface area contributed by atoms with E-state index in [1.165, 1.54) is 20.3 Å². The highest BCUT2D eigenvalue weighted by Gasteiger charge is 2.16. The van der Waals surface area contributed by atoms with E-state index in [9.17, 15) is 9.00 Å². The first-order valence-corrected chi connectivity index (χ1v) is 10.7. The van der Waals surface area contributed by atoms with Gasteiger partial charge in [0.25, 0.3) is 0 Å². The van der Waals surface area contributed by atoms with E-state index >= 15 is 0 Å². The van der Waals surface area contributed by atoms with E-state index in [1.54, 1.807) is 37.3 Å². The third-order valence-corrected chi connectivity index (χ3v) is 5.34. The van der Waals surface area contributed by atoms with Gasteiger partial charge in [0.2, 0.25) is 0 Å². The highest BCUT2D eigenvalue weighted by Crippen LogP contribution is 2.26. The van der Waals surface area contributed by atoms with Gasteiger partial charge in [-0.3, -0.25) is 0 Å². The molecule has 1 aromatic rings. The summed E-state index contributed by atoms with van der Waals surface area (Å²) >= 11 is 0. The van der Waals surface area contributed by atoms with Gasteiger partial charge in [-0.15, -0.1) is 0 Å². The molecule has 2 atom stereocenters. The van der Waals surface area contributed by atoms with Gasteiger partial charge in [-0.05, 0) is 38.0 Å². The van der Waals surface area contributed by atoms with Crippen LogP contribution < -0.4 is 14.2 Å². The Morgan fingerprint density at radius 2 is 2.00 bits per heavy atom. The summed E-state index contributed by atoms with van der Waals surface area (Å²) in [5.74, 6) is 0.571. The molecule has 7 heteroatoms. The second-order valence-electron chi connectivity index (χ2n) is 6.16. The van der Waals surface area contributed by atoms with E-state index in [1.807, 2.05) is 13.8 Å². The molecule has 0 radical (unpaired) electrons. The molecule has 0 amide bonds. The Kier molecular flexibility index (Phi) is 10.8. The molecule has 0 heterocycles. The predicted octanol–water partition coefficient (Wildman–Crippen LogP) is 4.45. The van der Waals surface area contributed by atoms with Crippen LogP contribution in [0.3, 0.4) is 0 Å². The van der Waals surface area contributed by atoms with Gasteiger partial charge in [-0.2, -0.15) is 0 Å². The average Bonchev–Trinajstić information content (AvgIpc) is 2.75. The van der Waals surface area contributed by atoms with Crippen LogP contribution in [0.25, 0.3) is 0 Å². The van der Waals surface area contributed by atoms with E-state index in [4.69, 9.17) is 14.2 Å². The molecular weight excluding hydrogens is 390 g/mol. The molecule has 1 rings (SSSR count). The van der Waals surface area contributed by atoms with Crippen LogP contribution in [0.15, 0.2) is 59.2 Å². The molecular formula is C22H31NO5S. The van der Waals surface area contributed by atoms with Gasteiger partial charge >= 0.3 is 5.97 Å². The number of benzene rings is 1. The molecule has 29 heavy (non-hydrogen) atoms. The Balaban J connectivity index is 3.03. The van der Waals surface area contributed by atoms with Crippen LogP contribution in [0.2, 0.25) is 0 Å². The zero-order chi connectivity index (χ0) is 21.8. The highest BCUT2D eigenvalue weighted by molar-refractivity contribution is 7.83. The summed E-state index contributed by atoms with van der Waals surface area (Å²) in [6, 6.07) is 5.05. The van der Waals surface area contributed by atoms with Crippen LogP contribution in [0.5, 0.6) is 11.5 Å². The lowest BCUT2D eigenvalue weighted by Crippen LogP contribution is -2.20. The van der Waals surface area contributed by atoms with E-state index < -0.39 is 17.0 Å². The minimum Gasteiger partial charge on any atom is -0.497 e. The average molecular weight is 422 g/mol. The third-order valence-electron chi connectivity index (χ3n) is 4.20. The molecule has 6 nitrogen and oxygen atoms in total. The van der Waals surface area contributed by atoms with Crippen LogP contribution in [0.1, 0.15) is 40.0 Å². The lowest BCUT2D eigenvalue weighted by atomic mass is 10.1. The lowest BCUT2D eigenvalue weighted by Gasteiger charge is -2.16. The Labute approximate surface area is 176 Å². The van der Waals surface area contributed by atoms with Gasteiger partial charge in [-0.25, -0.2) is 9.00 Å². The molecule has 0 aliphatic rings. The fourth-order valence-electron chi connectivity index (χ4n) is 2.52. The Bertz CT molecular complexity index is 785. The van der Waals surface area contributed by atoms with Crippen molar-refractivity contribution in [2.75, 3.05) is 14.2 Å². The summed E-state index contributed by atoms with van der Waals surface area (Å²) in [6.07, 6.45) is 7.07. The molecule has 1 aromatic carbocycles. The Hall–Kier alpha value is -2.54. The lowest BCUT2D eigenvalue weighted by molar-refractivity contribution is -0.144. The van der Waals surface area contributed by atoms with Crippen molar-refractivity contribution >= 4 is 17.0 Å². The molecule has 0 bridgehead atoms. The van der Waals surface area contributed by atoms with Crippen molar-refractivity contribution < 1.29 is 23.2 Å². The zero-order valence-electron chi connectivity index (χ0n) is 17.8. The first-order valence-electron chi connectivity index (χ1n) is 9.55. The molecule has 0 saturated heterocycles. The molecule has 0 fully saturated rings. The van der Waals surface area contributed by atoms with Crippen molar-refractivity contribution in [1.29, 1.82) is 0 Å². The molecule has 160 valence electrons. The second-order valence-corrected chi connectivity index (χ2v) is 7.34. The monoisotopic (exact) mass is 421 g/mol. The quantitative estimate of drug-likeness (QED) is 0.307. The minimum atomic E-state index is -1.64. The summed E-state index contributed by atoms with van der Waals surface area (Å²) in [7, 11) is 1.40. The van der Waals surface area contributed by atoms with Crippen LogP contribution in [-0.4, -0.2) is 30.5 Å². The number of hydrogen-bond donors (Lipinski definition) is 1. The maximum absolute atomic E-state index is 12.9. The number of hydrogen-bond acceptors (Lipinski definition) is 5. The van der Waals surface area contributed by atoms with Gasteiger partial charge in [-0.1, -0.05) is 39.0 Å². The van der Waals surface area contributed by atoms with E-state index in [-0.39, 0.29) is 11.7 Å². The largest absolute Gasteiger partial charge is 0.497 e. The maximum atomic E-state index is 12.9. The number of nitrogens with one attached hydrogen (secondary N) is 1. The van der Waals surface area contributed by atoms with Gasteiger partial charge in [0.05, 0.1) is 19.8 Å². The van der Waals surface area contributed by atoms with Gasteiger partial charge in [0, 0.05) is 11.8 Å². The summed E-state index contributed by atoms with van der Waals surface area (Å²) in [6.45, 7) is 9.50. The molecule has 0 aromatic heterocycles. The smallest absolute Gasteiger partial charge is 0.338 e. The number of rotatable bonds is 12. The number of carbonyl (C=O) groups is 1. The third kappa shape index (κ3) is 7.42. The summed E-state index contributed by atoms with van der Waals surface area (Å²) < 4.78 is 31.8. The topological polar surface area (TPSA) is 73.9 Å². The van der Waals surface area contributed by atoms with Gasteiger partial charge < -0.3 is 18.9 Å². The highest BCUT2D eigenvalue weighted by atomic mass is 32.2. The predicted molar refractivity (Wildman–Crippen MR) is 116 cm³/mol. The van der Waals surface area contributed by atoms with Crippen LogP contribution in [-0.2, 0) is 20.5 Å². The Morgan fingerprint density at radius 3 is 2.52 bits per heavy atom. The maximum Gasteiger partial charge on any atom is 0.338 e. The number of ether oxygens (including phenoxy) is 3. The minimum absolute atomic E-state index is 0.131. The molecule has 0 spiro atoms. The number of esters is 1. The van der Waals surface area contributed by atoms with E-state index in [0.717, 1.165) is 19.3 Å². The van der Waals surface area contributed by atoms with Crippen molar-refractivity contribution in [2.45, 2.75) is 51.0 Å².